The summed E-state index contributed by atoms with van der Waals surface area (Å²) in [6.45, 7) is 0.587. The summed E-state index contributed by atoms with van der Waals surface area (Å²) in [7, 11) is -2.74. The third-order valence-electron chi connectivity index (χ3n) is 1.98. The minimum atomic E-state index is -2.74. The lowest BCUT2D eigenvalue weighted by atomic mass is 10.2. The van der Waals surface area contributed by atoms with Gasteiger partial charge in [-0.15, -0.1) is 5.10 Å². The Bertz CT molecular complexity index is 398. The van der Waals surface area contributed by atoms with Gasteiger partial charge in [-0.3, -0.25) is 4.68 Å². The maximum atomic E-state index is 10.8. The van der Waals surface area contributed by atoms with E-state index in [0.29, 0.717) is 6.54 Å². The number of aromatic nitrogens is 3. The van der Waals surface area contributed by atoms with E-state index in [4.69, 9.17) is 5.73 Å². The van der Waals surface area contributed by atoms with Gasteiger partial charge in [-0.2, -0.15) is 0 Å². The zero-order chi connectivity index (χ0) is 9.47. The van der Waals surface area contributed by atoms with Gasteiger partial charge in [-0.05, 0) is 0 Å². The number of anilines is 1. The molecule has 0 saturated carbocycles. The Morgan fingerprint density at radius 3 is 2.77 bits per heavy atom. The molecule has 2 N–H and O–H groups in total. The average molecular weight is 202 g/mol. The van der Waals surface area contributed by atoms with Crippen LogP contribution in [0.1, 0.15) is 0 Å². The van der Waals surface area contributed by atoms with Crippen LogP contribution in [0.3, 0.4) is 0 Å². The average Bonchev–Trinajstić information content (AvgIpc) is 2.31. The van der Waals surface area contributed by atoms with Gasteiger partial charge in [0, 0.05) is 12.5 Å². The second kappa shape index (κ2) is 2.69. The summed E-state index contributed by atoms with van der Waals surface area (Å²) in [5.74, 6) is 0.910. The molecule has 7 heteroatoms. The van der Waals surface area contributed by atoms with Gasteiger partial charge in [-0.1, -0.05) is 0 Å². The fraction of sp³-hybridized carbons (Fsp3) is 0.667. The van der Waals surface area contributed by atoms with Gasteiger partial charge in [-0.25, -0.2) is 13.4 Å². The minimum absolute atomic E-state index is 0.172. The summed E-state index contributed by atoms with van der Waals surface area (Å²) in [6.07, 6.45) is 1.51. The van der Waals surface area contributed by atoms with Crippen molar-refractivity contribution < 1.29 is 8.42 Å². The molecule has 0 aliphatic carbocycles. The van der Waals surface area contributed by atoms with Crippen LogP contribution in [0, 0.1) is 5.92 Å². The molecule has 0 unspecified atom stereocenters. The maximum absolute atomic E-state index is 10.8. The molecule has 13 heavy (non-hydrogen) atoms. The quantitative estimate of drug-likeness (QED) is 0.657. The number of sulfone groups is 1. The molecule has 0 spiro atoms. The minimum Gasteiger partial charge on any atom is -0.367 e. The molecular formula is C6H10N4O2S. The van der Waals surface area contributed by atoms with Crippen LogP contribution < -0.4 is 5.73 Å². The maximum Gasteiger partial charge on any atom is 0.239 e. The first-order chi connectivity index (χ1) is 6.05. The first-order valence-electron chi connectivity index (χ1n) is 3.90. The number of hydrogen-bond donors (Lipinski definition) is 1. The lowest BCUT2D eigenvalue weighted by Crippen LogP contribution is -2.39. The van der Waals surface area contributed by atoms with Gasteiger partial charge in [0.2, 0.25) is 5.95 Å². The number of hydrogen-bond acceptors (Lipinski definition) is 5. The van der Waals surface area contributed by atoms with E-state index in [1.165, 1.54) is 6.33 Å². The molecule has 0 atom stereocenters. The lowest BCUT2D eigenvalue weighted by Gasteiger charge is -2.24. The van der Waals surface area contributed by atoms with E-state index >= 15 is 0 Å². The summed E-state index contributed by atoms with van der Waals surface area (Å²) in [6, 6.07) is 0. The first-order valence-corrected chi connectivity index (χ1v) is 5.73. The normalized spacial score (nSPS) is 21.2. The second-order valence-corrected chi connectivity index (χ2v) is 5.42. The van der Waals surface area contributed by atoms with E-state index in [1.807, 2.05) is 0 Å². The lowest BCUT2D eigenvalue weighted by molar-refractivity contribution is 0.443. The predicted octanol–water partition coefficient (Wildman–Crippen LogP) is -1.10. The van der Waals surface area contributed by atoms with Crippen molar-refractivity contribution in [2.45, 2.75) is 6.54 Å². The number of nitrogen functional groups attached to an aromatic ring is 1. The highest BCUT2D eigenvalue weighted by Gasteiger charge is 2.33. The molecule has 0 amide bonds. The Hall–Kier alpha value is -1.11. The molecule has 1 aliphatic heterocycles. The van der Waals surface area contributed by atoms with Gasteiger partial charge in [0.25, 0.3) is 0 Å². The Balaban J connectivity index is 1.94. The molecule has 1 fully saturated rings. The van der Waals surface area contributed by atoms with Gasteiger partial charge in [0.15, 0.2) is 9.84 Å². The zero-order valence-corrected chi connectivity index (χ0v) is 7.74. The molecule has 0 bridgehead atoms. The van der Waals surface area contributed by atoms with Crippen LogP contribution in [-0.4, -0.2) is 34.7 Å². The van der Waals surface area contributed by atoms with E-state index < -0.39 is 9.84 Å². The largest absolute Gasteiger partial charge is 0.367 e. The van der Waals surface area contributed by atoms with Crippen LogP contribution in [0.4, 0.5) is 5.95 Å². The number of rotatable bonds is 2. The second-order valence-electron chi connectivity index (χ2n) is 3.27. The first kappa shape index (κ1) is 8.49. The van der Waals surface area contributed by atoms with Crippen LogP contribution in [0.2, 0.25) is 0 Å². The molecule has 0 radical (unpaired) electrons. The summed E-state index contributed by atoms with van der Waals surface area (Å²) in [5, 5.41) is 3.87. The molecular weight excluding hydrogens is 192 g/mol. The molecule has 1 aromatic rings. The Kier molecular flexibility index (Phi) is 1.76. The fourth-order valence-corrected chi connectivity index (χ4v) is 2.99. The monoisotopic (exact) mass is 202 g/mol. The highest BCUT2D eigenvalue weighted by Crippen LogP contribution is 2.19. The van der Waals surface area contributed by atoms with E-state index in [-0.39, 0.29) is 23.4 Å². The van der Waals surface area contributed by atoms with Gasteiger partial charge < -0.3 is 5.73 Å². The van der Waals surface area contributed by atoms with E-state index in [1.54, 1.807) is 4.68 Å². The highest BCUT2D eigenvalue weighted by atomic mass is 32.2. The number of nitrogens with zero attached hydrogens (tertiary/aromatic N) is 3. The van der Waals surface area contributed by atoms with Crippen molar-refractivity contribution in [1.82, 2.24) is 14.8 Å². The van der Waals surface area contributed by atoms with Crippen molar-refractivity contribution in [2.75, 3.05) is 17.2 Å². The van der Waals surface area contributed by atoms with Crippen LogP contribution in [0.15, 0.2) is 6.33 Å². The summed E-state index contributed by atoms with van der Waals surface area (Å²) in [4.78, 5) is 3.74. The van der Waals surface area contributed by atoms with Gasteiger partial charge in [0.05, 0.1) is 11.5 Å². The Labute approximate surface area is 75.7 Å². The third kappa shape index (κ3) is 1.80. The number of nitrogens with two attached hydrogens (primary N) is 1. The smallest absolute Gasteiger partial charge is 0.239 e. The standard InChI is InChI=1S/C6H10N4O2S/c7-6-8-4-10(9-6)1-5-2-13(11,12)3-5/h4-5H,1-3H2,(H2,7,9). The summed E-state index contributed by atoms with van der Waals surface area (Å²) in [5.41, 5.74) is 5.31. The Morgan fingerprint density at radius 2 is 2.31 bits per heavy atom. The van der Waals surface area contributed by atoms with Gasteiger partial charge >= 0.3 is 0 Å². The summed E-state index contributed by atoms with van der Waals surface area (Å²) < 4.78 is 23.2. The highest BCUT2D eigenvalue weighted by molar-refractivity contribution is 7.92. The predicted molar refractivity (Wildman–Crippen MR) is 46.6 cm³/mol. The molecule has 0 aromatic carbocycles. The van der Waals surface area contributed by atoms with Gasteiger partial charge in [0.1, 0.15) is 6.33 Å². The van der Waals surface area contributed by atoms with Crippen LogP contribution in [0.25, 0.3) is 0 Å². The van der Waals surface area contributed by atoms with Crippen molar-refractivity contribution in [3.8, 4) is 0 Å². The van der Waals surface area contributed by atoms with Crippen molar-refractivity contribution in [3.63, 3.8) is 0 Å². The molecule has 72 valence electrons. The van der Waals surface area contributed by atoms with Crippen LogP contribution in [-0.2, 0) is 16.4 Å². The molecule has 2 rings (SSSR count). The van der Waals surface area contributed by atoms with Crippen LogP contribution in [0.5, 0.6) is 0 Å². The van der Waals surface area contributed by atoms with Crippen LogP contribution >= 0.6 is 0 Å². The molecule has 1 saturated heterocycles. The fourth-order valence-electron chi connectivity index (χ4n) is 1.44. The van der Waals surface area contributed by atoms with Crippen molar-refractivity contribution >= 4 is 15.8 Å². The van der Waals surface area contributed by atoms with E-state index in [9.17, 15) is 8.42 Å². The third-order valence-corrected chi connectivity index (χ3v) is 3.94. The SMILES string of the molecule is Nc1ncn(CC2CS(=O)(=O)C2)n1. The molecule has 2 heterocycles. The van der Waals surface area contributed by atoms with Crippen molar-refractivity contribution in [1.29, 1.82) is 0 Å². The molecule has 1 aliphatic rings. The summed E-state index contributed by atoms with van der Waals surface area (Å²) >= 11 is 0. The molecule has 6 nitrogen and oxygen atoms in total. The topological polar surface area (TPSA) is 90.9 Å². The molecule has 1 aromatic heterocycles. The van der Waals surface area contributed by atoms with E-state index in [0.717, 1.165) is 0 Å². The van der Waals surface area contributed by atoms with E-state index in [2.05, 4.69) is 10.1 Å². The van der Waals surface area contributed by atoms with Crippen molar-refractivity contribution in [3.05, 3.63) is 6.33 Å². The van der Waals surface area contributed by atoms with Crippen molar-refractivity contribution in [2.24, 2.45) is 5.92 Å². The Morgan fingerprint density at radius 1 is 1.62 bits per heavy atom. The zero-order valence-electron chi connectivity index (χ0n) is 6.92.